The van der Waals surface area contributed by atoms with Crippen molar-refractivity contribution in [2.75, 3.05) is 6.61 Å². The van der Waals surface area contributed by atoms with Crippen LogP contribution in [0.4, 0.5) is 0 Å². The number of benzene rings is 2. The molecule has 0 fully saturated rings. The summed E-state index contributed by atoms with van der Waals surface area (Å²) in [6, 6.07) is 16.4. The van der Waals surface area contributed by atoms with Gasteiger partial charge in [0.15, 0.2) is 6.61 Å². The molecule has 0 radical (unpaired) electrons. The zero-order valence-corrected chi connectivity index (χ0v) is 14.3. The number of hydrogen-bond donors (Lipinski definition) is 1. The molecule has 0 aliphatic rings. The number of rotatable bonds is 6. The van der Waals surface area contributed by atoms with Crippen molar-refractivity contribution >= 4 is 5.91 Å². The molecule has 0 saturated heterocycles. The first kappa shape index (κ1) is 17.2. The van der Waals surface area contributed by atoms with Crippen LogP contribution < -0.4 is 10.1 Å². The Kier molecular flexibility index (Phi) is 5.30. The standard InChI is InChI=1S/C20H18N4O2/c1-15(17-4-6-18(7-5-17)24-11-10-22-14-24)23-20(25)13-26-19-8-2-16(12-21)3-9-19/h2-11,14-15H,13H2,1H3,(H,23,25)/t15-/m1/s1. The molecule has 3 aromatic rings. The van der Waals surface area contributed by atoms with Gasteiger partial charge in [0, 0.05) is 18.1 Å². The van der Waals surface area contributed by atoms with Gasteiger partial charge in [-0.25, -0.2) is 4.98 Å². The van der Waals surface area contributed by atoms with Crippen LogP contribution in [-0.4, -0.2) is 22.1 Å². The van der Waals surface area contributed by atoms with Crippen LogP contribution in [0.25, 0.3) is 5.69 Å². The second-order valence-corrected chi connectivity index (χ2v) is 5.78. The summed E-state index contributed by atoms with van der Waals surface area (Å²) in [5.41, 5.74) is 2.56. The molecule has 6 nitrogen and oxygen atoms in total. The lowest BCUT2D eigenvalue weighted by Crippen LogP contribution is -2.31. The maximum atomic E-state index is 12.1. The third kappa shape index (κ3) is 4.28. The van der Waals surface area contributed by atoms with Crippen LogP contribution in [0.5, 0.6) is 5.75 Å². The van der Waals surface area contributed by atoms with Gasteiger partial charge in [-0.2, -0.15) is 5.26 Å². The Morgan fingerprint density at radius 2 is 1.96 bits per heavy atom. The van der Waals surface area contributed by atoms with Gasteiger partial charge >= 0.3 is 0 Å². The second-order valence-electron chi connectivity index (χ2n) is 5.78. The molecule has 26 heavy (non-hydrogen) atoms. The monoisotopic (exact) mass is 346 g/mol. The van der Waals surface area contributed by atoms with Crippen molar-refractivity contribution in [1.82, 2.24) is 14.9 Å². The Bertz CT molecular complexity index is 894. The van der Waals surface area contributed by atoms with Crippen LogP contribution in [0.15, 0.2) is 67.3 Å². The SMILES string of the molecule is C[C@@H](NC(=O)COc1ccc(C#N)cc1)c1ccc(-n2ccnc2)cc1. The van der Waals surface area contributed by atoms with Crippen LogP contribution in [0.1, 0.15) is 24.1 Å². The van der Waals surface area contributed by atoms with Crippen molar-refractivity contribution < 1.29 is 9.53 Å². The number of carbonyl (C=O) groups is 1. The number of nitrogens with zero attached hydrogens (tertiary/aromatic N) is 3. The van der Waals surface area contributed by atoms with Gasteiger partial charge < -0.3 is 14.6 Å². The first-order chi connectivity index (χ1) is 12.7. The quantitative estimate of drug-likeness (QED) is 0.744. The summed E-state index contributed by atoms with van der Waals surface area (Å²) in [6.07, 6.45) is 5.34. The molecule has 0 bridgehead atoms. The molecule has 1 N–H and O–H groups in total. The van der Waals surface area contributed by atoms with Crippen molar-refractivity contribution in [3.63, 3.8) is 0 Å². The fourth-order valence-corrected chi connectivity index (χ4v) is 2.49. The van der Waals surface area contributed by atoms with Gasteiger partial charge in [0.1, 0.15) is 5.75 Å². The molecule has 1 amide bonds. The molecular formula is C20H18N4O2. The summed E-state index contributed by atoms with van der Waals surface area (Å²) in [5, 5.41) is 11.7. The van der Waals surface area contributed by atoms with E-state index in [9.17, 15) is 4.79 Å². The van der Waals surface area contributed by atoms with Gasteiger partial charge in [-0.1, -0.05) is 12.1 Å². The highest BCUT2D eigenvalue weighted by atomic mass is 16.5. The number of imidazole rings is 1. The second kappa shape index (κ2) is 7.99. The Hall–Kier alpha value is -3.59. The van der Waals surface area contributed by atoms with E-state index in [0.717, 1.165) is 11.3 Å². The summed E-state index contributed by atoms with van der Waals surface area (Å²) in [4.78, 5) is 16.1. The average Bonchev–Trinajstić information content (AvgIpc) is 3.21. The maximum Gasteiger partial charge on any atom is 0.258 e. The summed E-state index contributed by atoms with van der Waals surface area (Å²) in [5.74, 6) is 0.344. The third-order valence-corrected chi connectivity index (χ3v) is 3.93. The van der Waals surface area contributed by atoms with Crippen molar-refractivity contribution in [3.8, 4) is 17.5 Å². The summed E-state index contributed by atoms with van der Waals surface area (Å²) in [6.45, 7) is 1.84. The van der Waals surface area contributed by atoms with Gasteiger partial charge in [-0.3, -0.25) is 4.79 Å². The number of ether oxygens (including phenoxy) is 1. The van der Waals surface area contributed by atoms with Crippen LogP contribution >= 0.6 is 0 Å². The summed E-state index contributed by atoms with van der Waals surface area (Å²) in [7, 11) is 0. The topological polar surface area (TPSA) is 79.9 Å². The molecule has 3 rings (SSSR count). The fourth-order valence-electron chi connectivity index (χ4n) is 2.49. The highest BCUT2D eigenvalue weighted by molar-refractivity contribution is 5.78. The largest absolute Gasteiger partial charge is 0.484 e. The Labute approximate surface area is 151 Å². The highest BCUT2D eigenvalue weighted by Gasteiger charge is 2.10. The van der Waals surface area contributed by atoms with Crippen molar-refractivity contribution in [1.29, 1.82) is 5.26 Å². The average molecular weight is 346 g/mol. The maximum absolute atomic E-state index is 12.1. The van der Waals surface area contributed by atoms with E-state index in [1.807, 2.05) is 48.0 Å². The molecule has 1 atom stereocenters. The minimum Gasteiger partial charge on any atom is -0.484 e. The van der Waals surface area contributed by atoms with Gasteiger partial charge in [-0.05, 0) is 48.9 Å². The van der Waals surface area contributed by atoms with E-state index < -0.39 is 0 Å². The lowest BCUT2D eigenvalue weighted by Gasteiger charge is -2.15. The van der Waals surface area contributed by atoms with E-state index in [4.69, 9.17) is 10.00 Å². The molecule has 1 aromatic heterocycles. The molecule has 1 heterocycles. The van der Waals surface area contributed by atoms with E-state index in [2.05, 4.69) is 10.3 Å². The molecule has 0 spiro atoms. The molecule has 0 aliphatic heterocycles. The number of nitriles is 1. The van der Waals surface area contributed by atoms with Gasteiger partial charge in [0.05, 0.1) is 24.0 Å². The zero-order valence-electron chi connectivity index (χ0n) is 14.3. The molecule has 6 heteroatoms. The molecule has 0 saturated carbocycles. The lowest BCUT2D eigenvalue weighted by molar-refractivity contribution is -0.123. The van der Waals surface area contributed by atoms with Crippen LogP contribution in [-0.2, 0) is 4.79 Å². The summed E-state index contributed by atoms with van der Waals surface area (Å²) >= 11 is 0. The van der Waals surface area contributed by atoms with Crippen molar-refractivity contribution in [2.24, 2.45) is 0 Å². The normalized spacial score (nSPS) is 11.4. The minimum absolute atomic E-state index is 0.0800. The van der Waals surface area contributed by atoms with Gasteiger partial charge in [0.2, 0.25) is 0 Å². The predicted octanol–water partition coefficient (Wildman–Crippen LogP) is 3.00. The van der Waals surface area contributed by atoms with E-state index in [1.54, 1.807) is 36.8 Å². The first-order valence-electron chi connectivity index (χ1n) is 8.16. The van der Waals surface area contributed by atoms with E-state index in [-0.39, 0.29) is 18.6 Å². The number of amides is 1. The zero-order chi connectivity index (χ0) is 18.4. The molecule has 2 aromatic carbocycles. The number of nitrogens with one attached hydrogen (secondary N) is 1. The van der Waals surface area contributed by atoms with Crippen molar-refractivity contribution in [2.45, 2.75) is 13.0 Å². The number of hydrogen-bond acceptors (Lipinski definition) is 4. The van der Waals surface area contributed by atoms with Gasteiger partial charge in [0.25, 0.3) is 5.91 Å². The minimum atomic E-state index is -0.208. The van der Waals surface area contributed by atoms with Crippen molar-refractivity contribution in [3.05, 3.63) is 78.4 Å². The summed E-state index contributed by atoms with van der Waals surface area (Å²) < 4.78 is 7.36. The van der Waals surface area contributed by atoms with Crippen LogP contribution in [0.3, 0.4) is 0 Å². The number of carbonyl (C=O) groups excluding carboxylic acids is 1. The van der Waals surface area contributed by atoms with Crippen LogP contribution in [0, 0.1) is 11.3 Å². The fraction of sp³-hybridized carbons (Fsp3) is 0.150. The smallest absolute Gasteiger partial charge is 0.258 e. The van der Waals surface area contributed by atoms with E-state index in [1.165, 1.54) is 0 Å². The number of aromatic nitrogens is 2. The Morgan fingerprint density at radius 3 is 2.58 bits per heavy atom. The Morgan fingerprint density at radius 1 is 1.23 bits per heavy atom. The van der Waals surface area contributed by atoms with E-state index in [0.29, 0.717) is 11.3 Å². The predicted molar refractivity (Wildman–Crippen MR) is 96.8 cm³/mol. The Balaban J connectivity index is 1.52. The van der Waals surface area contributed by atoms with E-state index >= 15 is 0 Å². The molecule has 0 unspecified atom stereocenters. The molecular weight excluding hydrogens is 328 g/mol. The third-order valence-electron chi connectivity index (χ3n) is 3.93. The highest BCUT2D eigenvalue weighted by Crippen LogP contribution is 2.16. The molecule has 130 valence electrons. The van der Waals surface area contributed by atoms with Crippen LogP contribution in [0.2, 0.25) is 0 Å². The lowest BCUT2D eigenvalue weighted by atomic mass is 10.1. The molecule has 0 aliphatic carbocycles. The first-order valence-corrected chi connectivity index (χ1v) is 8.16. The van der Waals surface area contributed by atoms with Gasteiger partial charge in [-0.15, -0.1) is 0 Å².